The maximum absolute atomic E-state index is 13.9. The van der Waals surface area contributed by atoms with Gasteiger partial charge in [-0.15, -0.1) is 0 Å². The van der Waals surface area contributed by atoms with Gasteiger partial charge in [-0.1, -0.05) is 6.07 Å². The number of carbonyl (C=O) groups is 1. The molecule has 1 atom stereocenters. The first-order valence-corrected chi connectivity index (χ1v) is 10.2. The number of methoxy groups -OCH3 is 1. The van der Waals surface area contributed by atoms with Crippen molar-refractivity contribution in [2.45, 2.75) is 30.7 Å². The van der Waals surface area contributed by atoms with Crippen molar-refractivity contribution in [1.82, 2.24) is 4.31 Å². The molecule has 3 rings (SSSR count). The van der Waals surface area contributed by atoms with Crippen LogP contribution in [0.4, 0.5) is 18.9 Å². The maximum atomic E-state index is 13.9. The molecule has 2 aromatic rings. The molecule has 1 aliphatic rings. The highest BCUT2D eigenvalue weighted by Crippen LogP contribution is 2.31. The third kappa shape index (κ3) is 3.95. The van der Waals surface area contributed by atoms with Gasteiger partial charge in [0.05, 0.1) is 17.7 Å². The first-order chi connectivity index (χ1) is 13.7. The second-order valence-corrected chi connectivity index (χ2v) is 8.48. The van der Waals surface area contributed by atoms with Crippen molar-refractivity contribution in [2.75, 3.05) is 19.0 Å². The lowest BCUT2D eigenvalue weighted by molar-refractivity contribution is -0.119. The molecule has 1 heterocycles. The Balaban J connectivity index is 1.90. The van der Waals surface area contributed by atoms with Crippen molar-refractivity contribution in [3.63, 3.8) is 0 Å². The van der Waals surface area contributed by atoms with Crippen LogP contribution in [0.5, 0.6) is 5.75 Å². The highest BCUT2D eigenvalue weighted by molar-refractivity contribution is 7.89. The SMILES string of the molecule is COc1ccc(C)c(S(=O)(=O)N2CCC[C@@H]2C(=O)Nc2ccc(F)c(F)c2F)c1. The van der Waals surface area contributed by atoms with Gasteiger partial charge in [0.1, 0.15) is 11.8 Å². The van der Waals surface area contributed by atoms with E-state index in [0.29, 0.717) is 23.8 Å². The number of carbonyl (C=O) groups excluding carboxylic acids is 1. The molecule has 0 bridgehead atoms. The van der Waals surface area contributed by atoms with E-state index in [4.69, 9.17) is 4.74 Å². The first kappa shape index (κ1) is 21.1. The molecular weight excluding hydrogens is 409 g/mol. The zero-order valence-electron chi connectivity index (χ0n) is 15.7. The van der Waals surface area contributed by atoms with Gasteiger partial charge in [-0.25, -0.2) is 21.6 Å². The molecule has 1 amide bonds. The normalized spacial score (nSPS) is 17.3. The summed E-state index contributed by atoms with van der Waals surface area (Å²) in [5.74, 6) is -5.13. The first-order valence-electron chi connectivity index (χ1n) is 8.77. The van der Waals surface area contributed by atoms with Crippen LogP contribution < -0.4 is 10.1 Å². The molecule has 0 saturated carbocycles. The molecular formula is C19H19F3N2O4S. The number of hydrogen-bond acceptors (Lipinski definition) is 4. The molecule has 0 radical (unpaired) electrons. The lowest BCUT2D eigenvalue weighted by Gasteiger charge is -2.24. The Labute approximate surface area is 166 Å². The van der Waals surface area contributed by atoms with Gasteiger partial charge in [0, 0.05) is 12.6 Å². The van der Waals surface area contributed by atoms with E-state index in [9.17, 15) is 26.4 Å². The summed E-state index contributed by atoms with van der Waals surface area (Å²) in [6, 6.07) is 5.02. The van der Waals surface area contributed by atoms with Crippen molar-refractivity contribution in [2.24, 2.45) is 0 Å². The Morgan fingerprint density at radius 1 is 1.17 bits per heavy atom. The largest absolute Gasteiger partial charge is 0.497 e. The summed E-state index contributed by atoms with van der Waals surface area (Å²) >= 11 is 0. The van der Waals surface area contributed by atoms with Crippen LogP contribution in [0.1, 0.15) is 18.4 Å². The summed E-state index contributed by atoms with van der Waals surface area (Å²) in [7, 11) is -2.64. The average Bonchev–Trinajstić information content (AvgIpc) is 3.19. The smallest absolute Gasteiger partial charge is 0.244 e. The minimum absolute atomic E-state index is 0.00411. The van der Waals surface area contributed by atoms with Gasteiger partial charge in [0.15, 0.2) is 17.5 Å². The van der Waals surface area contributed by atoms with E-state index in [0.717, 1.165) is 10.4 Å². The minimum Gasteiger partial charge on any atom is -0.497 e. The van der Waals surface area contributed by atoms with Crippen molar-refractivity contribution < 1.29 is 31.1 Å². The number of hydrogen-bond donors (Lipinski definition) is 1. The Morgan fingerprint density at radius 3 is 2.59 bits per heavy atom. The summed E-state index contributed by atoms with van der Waals surface area (Å²) in [5.41, 5.74) is -0.0841. The highest BCUT2D eigenvalue weighted by atomic mass is 32.2. The molecule has 0 aromatic heterocycles. The zero-order chi connectivity index (χ0) is 21.3. The van der Waals surface area contributed by atoms with E-state index in [2.05, 4.69) is 5.32 Å². The van der Waals surface area contributed by atoms with Crippen LogP contribution >= 0.6 is 0 Å². The molecule has 0 unspecified atom stereocenters. The molecule has 0 spiro atoms. The Morgan fingerprint density at radius 2 is 1.90 bits per heavy atom. The number of nitrogens with zero attached hydrogens (tertiary/aromatic N) is 1. The van der Waals surface area contributed by atoms with Gasteiger partial charge in [-0.3, -0.25) is 4.79 Å². The van der Waals surface area contributed by atoms with E-state index in [1.807, 2.05) is 0 Å². The van der Waals surface area contributed by atoms with Gasteiger partial charge >= 0.3 is 0 Å². The number of anilines is 1. The van der Waals surface area contributed by atoms with Crippen LogP contribution in [0.3, 0.4) is 0 Å². The fraction of sp³-hybridized carbons (Fsp3) is 0.316. The molecule has 1 fully saturated rings. The molecule has 29 heavy (non-hydrogen) atoms. The maximum Gasteiger partial charge on any atom is 0.244 e. The van der Waals surface area contributed by atoms with E-state index in [1.165, 1.54) is 13.2 Å². The topological polar surface area (TPSA) is 75.7 Å². The molecule has 1 aliphatic heterocycles. The Hall–Kier alpha value is -2.59. The zero-order valence-corrected chi connectivity index (χ0v) is 16.5. The second kappa shape index (κ2) is 8.03. The van der Waals surface area contributed by atoms with Crippen LogP contribution in [-0.2, 0) is 14.8 Å². The summed E-state index contributed by atoms with van der Waals surface area (Å²) in [5, 5.41) is 2.16. The quantitative estimate of drug-likeness (QED) is 0.742. The van der Waals surface area contributed by atoms with Gasteiger partial charge in [-0.2, -0.15) is 4.31 Å². The lowest BCUT2D eigenvalue weighted by atomic mass is 10.2. The summed E-state index contributed by atoms with van der Waals surface area (Å²) in [4.78, 5) is 12.6. The van der Waals surface area contributed by atoms with Gasteiger partial charge < -0.3 is 10.1 Å². The summed E-state index contributed by atoms with van der Waals surface area (Å²) in [6.45, 7) is 1.71. The Kier molecular flexibility index (Phi) is 5.85. The standard InChI is InChI=1S/C19H19F3N2O4S/c1-11-5-6-12(28-2)10-16(11)29(26,27)24-9-3-4-15(24)19(25)23-14-8-7-13(20)17(21)18(14)22/h5-8,10,15H,3-4,9H2,1-2H3,(H,23,25)/t15-/m1/s1. The minimum atomic E-state index is -4.05. The number of halogens is 3. The average molecular weight is 428 g/mol. The number of ether oxygens (including phenoxy) is 1. The fourth-order valence-corrected chi connectivity index (χ4v) is 5.14. The number of benzene rings is 2. The van der Waals surface area contributed by atoms with Gasteiger partial charge in [-0.05, 0) is 43.5 Å². The number of amides is 1. The molecule has 1 saturated heterocycles. The van der Waals surface area contributed by atoms with Crippen molar-refractivity contribution >= 4 is 21.6 Å². The monoisotopic (exact) mass is 428 g/mol. The molecule has 6 nitrogen and oxygen atoms in total. The predicted molar refractivity (Wildman–Crippen MR) is 99.6 cm³/mol. The Bertz CT molecular complexity index is 1060. The summed E-state index contributed by atoms with van der Waals surface area (Å²) in [6.07, 6.45) is 0.625. The van der Waals surface area contributed by atoms with Crippen LogP contribution in [0.2, 0.25) is 0 Å². The summed E-state index contributed by atoms with van der Waals surface area (Å²) < 4.78 is 72.8. The lowest BCUT2D eigenvalue weighted by Crippen LogP contribution is -2.43. The number of nitrogens with one attached hydrogen (secondary N) is 1. The van der Waals surface area contributed by atoms with Crippen LogP contribution in [0.15, 0.2) is 35.2 Å². The van der Waals surface area contributed by atoms with E-state index in [-0.39, 0.29) is 17.9 Å². The second-order valence-electron chi connectivity index (χ2n) is 6.62. The van der Waals surface area contributed by atoms with Crippen molar-refractivity contribution in [3.8, 4) is 5.75 Å². The fourth-order valence-electron chi connectivity index (χ4n) is 3.24. The molecule has 2 aromatic carbocycles. The molecule has 156 valence electrons. The van der Waals surface area contributed by atoms with Crippen LogP contribution in [-0.4, -0.2) is 38.3 Å². The number of aryl methyl sites for hydroxylation is 1. The molecule has 1 N–H and O–H groups in total. The van der Waals surface area contributed by atoms with Gasteiger partial charge in [0.25, 0.3) is 0 Å². The van der Waals surface area contributed by atoms with Crippen molar-refractivity contribution in [1.29, 1.82) is 0 Å². The third-order valence-electron chi connectivity index (χ3n) is 4.78. The highest BCUT2D eigenvalue weighted by Gasteiger charge is 2.40. The number of rotatable bonds is 5. The third-order valence-corrected chi connectivity index (χ3v) is 6.83. The molecule has 0 aliphatic carbocycles. The van der Waals surface area contributed by atoms with Crippen LogP contribution in [0.25, 0.3) is 0 Å². The van der Waals surface area contributed by atoms with Crippen LogP contribution in [0, 0.1) is 24.4 Å². The van der Waals surface area contributed by atoms with E-state index in [1.54, 1.807) is 19.1 Å². The number of sulfonamides is 1. The predicted octanol–water partition coefficient (Wildman–Crippen LogP) is 3.21. The molecule has 10 heteroatoms. The van der Waals surface area contributed by atoms with Crippen molar-refractivity contribution in [3.05, 3.63) is 53.3 Å². The van der Waals surface area contributed by atoms with Gasteiger partial charge in [0.2, 0.25) is 15.9 Å². The van der Waals surface area contributed by atoms with E-state index < -0.39 is 45.1 Å². The van der Waals surface area contributed by atoms with E-state index >= 15 is 0 Å².